The Balaban J connectivity index is 1.78. The van der Waals surface area contributed by atoms with Gasteiger partial charge in [-0.2, -0.15) is 0 Å². The molecule has 0 aliphatic heterocycles. The lowest BCUT2D eigenvalue weighted by Gasteiger charge is -2.14. The number of hydrogen-bond acceptors (Lipinski definition) is 7. The molecule has 0 saturated carbocycles. The first-order valence-electron chi connectivity index (χ1n) is 9.64. The number of nitrogens with zero attached hydrogens (tertiary/aromatic N) is 1. The van der Waals surface area contributed by atoms with Crippen LogP contribution in [0.4, 0.5) is 5.69 Å². The van der Waals surface area contributed by atoms with Crippen molar-refractivity contribution in [2.24, 2.45) is 0 Å². The number of methoxy groups -OCH3 is 3. The SMILES string of the molecule is COc1cc2oc(-c3cccc(C(=O)Nc4cccnc4)c3)cc(=O)c2c(OC)c1OC. The zero-order chi connectivity index (χ0) is 22.7. The highest BCUT2D eigenvalue weighted by molar-refractivity contribution is 6.04. The lowest BCUT2D eigenvalue weighted by molar-refractivity contribution is 0.102. The van der Waals surface area contributed by atoms with Crippen molar-refractivity contribution in [1.29, 1.82) is 0 Å². The zero-order valence-corrected chi connectivity index (χ0v) is 17.7. The van der Waals surface area contributed by atoms with E-state index < -0.39 is 0 Å². The molecule has 0 aliphatic rings. The third-order valence-electron chi connectivity index (χ3n) is 4.85. The average Bonchev–Trinajstić information content (AvgIpc) is 2.83. The van der Waals surface area contributed by atoms with E-state index in [0.717, 1.165) is 0 Å². The summed E-state index contributed by atoms with van der Waals surface area (Å²) in [6, 6.07) is 13.2. The standard InChI is InChI=1S/C24H20N2O6/c1-29-20-12-19-21(23(31-3)22(20)30-2)17(27)11-18(32-19)14-6-4-7-15(10-14)24(28)26-16-8-5-9-25-13-16/h4-13H,1-3H3,(H,26,28). The summed E-state index contributed by atoms with van der Waals surface area (Å²) in [6.07, 6.45) is 3.18. The zero-order valence-electron chi connectivity index (χ0n) is 17.7. The van der Waals surface area contributed by atoms with Gasteiger partial charge in [-0.3, -0.25) is 14.6 Å². The summed E-state index contributed by atoms with van der Waals surface area (Å²) in [6.45, 7) is 0. The number of nitrogens with one attached hydrogen (secondary N) is 1. The maximum Gasteiger partial charge on any atom is 0.255 e. The number of amides is 1. The van der Waals surface area contributed by atoms with Crippen molar-refractivity contribution in [1.82, 2.24) is 4.98 Å². The topological polar surface area (TPSA) is 99.9 Å². The summed E-state index contributed by atoms with van der Waals surface area (Å²) in [5, 5.41) is 3.02. The fourth-order valence-electron chi connectivity index (χ4n) is 3.38. The van der Waals surface area contributed by atoms with E-state index in [4.69, 9.17) is 18.6 Å². The van der Waals surface area contributed by atoms with Crippen LogP contribution in [0.15, 0.2) is 70.1 Å². The fraction of sp³-hybridized carbons (Fsp3) is 0.125. The van der Waals surface area contributed by atoms with Gasteiger partial charge in [-0.1, -0.05) is 12.1 Å². The Morgan fingerprint density at radius 3 is 2.47 bits per heavy atom. The van der Waals surface area contributed by atoms with Crippen molar-refractivity contribution in [2.75, 3.05) is 26.6 Å². The van der Waals surface area contributed by atoms with Crippen LogP contribution in [0.5, 0.6) is 17.2 Å². The number of carbonyl (C=O) groups is 1. The maximum atomic E-state index is 13.0. The van der Waals surface area contributed by atoms with Crippen LogP contribution < -0.4 is 25.0 Å². The molecular formula is C24H20N2O6. The van der Waals surface area contributed by atoms with Crippen LogP contribution in [0.3, 0.4) is 0 Å². The van der Waals surface area contributed by atoms with Gasteiger partial charge in [0.05, 0.1) is 33.2 Å². The Hall–Kier alpha value is -4.33. The highest BCUT2D eigenvalue weighted by Crippen LogP contribution is 2.42. The van der Waals surface area contributed by atoms with E-state index in [9.17, 15) is 9.59 Å². The second-order valence-electron chi connectivity index (χ2n) is 6.77. The van der Waals surface area contributed by atoms with Gasteiger partial charge >= 0.3 is 0 Å². The molecule has 4 aromatic rings. The highest BCUT2D eigenvalue weighted by Gasteiger charge is 2.21. The van der Waals surface area contributed by atoms with E-state index in [1.54, 1.807) is 54.9 Å². The number of aromatic nitrogens is 1. The fourth-order valence-corrected chi connectivity index (χ4v) is 3.38. The largest absolute Gasteiger partial charge is 0.493 e. The van der Waals surface area contributed by atoms with E-state index in [-0.39, 0.29) is 28.1 Å². The summed E-state index contributed by atoms with van der Waals surface area (Å²) in [5.41, 5.74) is 1.50. The van der Waals surface area contributed by atoms with Crippen molar-refractivity contribution < 1.29 is 23.4 Å². The minimum atomic E-state index is -0.315. The highest BCUT2D eigenvalue weighted by atomic mass is 16.5. The molecule has 32 heavy (non-hydrogen) atoms. The Labute approximate surface area is 183 Å². The predicted octanol–water partition coefficient (Wildman–Crippen LogP) is 4.13. The normalized spacial score (nSPS) is 10.6. The van der Waals surface area contributed by atoms with Crippen LogP contribution in [-0.2, 0) is 0 Å². The van der Waals surface area contributed by atoms with Gasteiger partial charge in [0.1, 0.15) is 16.7 Å². The van der Waals surface area contributed by atoms with Gasteiger partial charge in [-0.25, -0.2) is 0 Å². The number of ether oxygens (including phenoxy) is 3. The molecule has 0 radical (unpaired) electrons. The Morgan fingerprint density at radius 2 is 1.78 bits per heavy atom. The maximum absolute atomic E-state index is 13.0. The molecule has 0 fully saturated rings. The van der Waals surface area contributed by atoms with Crippen molar-refractivity contribution in [3.05, 3.63) is 76.7 Å². The van der Waals surface area contributed by atoms with Gasteiger partial charge in [-0.15, -0.1) is 0 Å². The van der Waals surface area contributed by atoms with Gasteiger partial charge in [-0.05, 0) is 24.3 Å². The Bertz CT molecular complexity index is 1350. The van der Waals surface area contributed by atoms with Gasteiger partial charge in [0, 0.05) is 29.5 Å². The van der Waals surface area contributed by atoms with E-state index >= 15 is 0 Å². The molecule has 0 aliphatic carbocycles. The average molecular weight is 432 g/mol. The van der Waals surface area contributed by atoms with Crippen molar-refractivity contribution >= 4 is 22.6 Å². The van der Waals surface area contributed by atoms with Crippen molar-refractivity contribution in [3.8, 4) is 28.6 Å². The summed E-state index contributed by atoms with van der Waals surface area (Å²) >= 11 is 0. The number of anilines is 1. The number of fused-ring (bicyclic) bond motifs is 1. The molecule has 0 atom stereocenters. The number of benzene rings is 2. The second kappa shape index (κ2) is 8.81. The van der Waals surface area contributed by atoms with Crippen LogP contribution in [0.1, 0.15) is 10.4 Å². The Kier molecular flexibility index (Phi) is 5.76. The molecule has 0 spiro atoms. The van der Waals surface area contributed by atoms with E-state index in [1.165, 1.54) is 27.4 Å². The molecule has 8 heteroatoms. The summed E-state index contributed by atoms with van der Waals surface area (Å²) in [5.74, 6) is 0.883. The van der Waals surface area contributed by atoms with E-state index in [2.05, 4.69) is 10.3 Å². The summed E-state index contributed by atoms with van der Waals surface area (Å²) < 4.78 is 22.1. The third-order valence-corrected chi connectivity index (χ3v) is 4.85. The first kappa shape index (κ1) is 20.9. The summed E-state index contributed by atoms with van der Waals surface area (Å²) in [4.78, 5) is 29.6. The monoisotopic (exact) mass is 432 g/mol. The summed E-state index contributed by atoms with van der Waals surface area (Å²) in [7, 11) is 4.38. The number of rotatable bonds is 6. The molecular weight excluding hydrogens is 412 g/mol. The molecule has 2 aromatic carbocycles. The molecule has 1 N–H and O–H groups in total. The van der Waals surface area contributed by atoms with Gasteiger partial charge < -0.3 is 23.9 Å². The molecule has 0 bridgehead atoms. The number of hydrogen-bond donors (Lipinski definition) is 1. The third kappa shape index (κ3) is 3.85. The lowest BCUT2D eigenvalue weighted by Crippen LogP contribution is -2.12. The first-order valence-corrected chi connectivity index (χ1v) is 9.64. The van der Waals surface area contributed by atoms with Gasteiger partial charge in [0.25, 0.3) is 5.91 Å². The number of pyridine rings is 1. The van der Waals surface area contributed by atoms with Gasteiger partial charge in [0.15, 0.2) is 16.9 Å². The molecule has 162 valence electrons. The molecule has 8 nitrogen and oxygen atoms in total. The Morgan fingerprint density at radius 1 is 0.969 bits per heavy atom. The van der Waals surface area contributed by atoms with Crippen LogP contribution in [0, 0.1) is 0 Å². The molecule has 2 aromatic heterocycles. The molecule has 1 amide bonds. The predicted molar refractivity (Wildman–Crippen MR) is 120 cm³/mol. The molecule has 4 rings (SSSR count). The van der Waals surface area contributed by atoms with Crippen molar-refractivity contribution in [3.63, 3.8) is 0 Å². The lowest BCUT2D eigenvalue weighted by atomic mass is 10.1. The van der Waals surface area contributed by atoms with Crippen LogP contribution in [-0.4, -0.2) is 32.2 Å². The van der Waals surface area contributed by atoms with Crippen molar-refractivity contribution in [2.45, 2.75) is 0 Å². The quantitative estimate of drug-likeness (QED) is 0.489. The molecule has 2 heterocycles. The van der Waals surface area contributed by atoms with E-state index in [1.807, 2.05) is 0 Å². The minimum absolute atomic E-state index is 0.228. The van der Waals surface area contributed by atoms with Gasteiger partial charge in [0.2, 0.25) is 5.75 Å². The number of carbonyl (C=O) groups excluding carboxylic acids is 1. The van der Waals surface area contributed by atoms with E-state index in [0.29, 0.717) is 34.1 Å². The molecule has 0 unspecified atom stereocenters. The molecule has 0 saturated heterocycles. The van der Waals surface area contributed by atoms with Crippen LogP contribution in [0.2, 0.25) is 0 Å². The van der Waals surface area contributed by atoms with Crippen LogP contribution in [0.25, 0.3) is 22.3 Å². The first-order chi connectivity index (χ1) is 15.5. The smallest absolute Gasteiger partial charge is 0.255 e. The second-order valence-corrected chi connectivity index (χ2v) is 6.77. The van der Waals surface area contributed by atoms with Crippen LogP contribution >= 0.6 is 0 Å². The minimum Gasteiger partial charge on any atom is -0.493 e.